The molecule has 0 saturated carbocycles. The van der Waals surface area contributed by atoms with Crippen molar-refractivity contribution in [2.24, 2.45) is 5.73 Å². The number of amides is 2. The van der Waals surface area contributed by atoms with Crippen LogP contribution < -0.4 is 11.1 Å². The van der Waals surface area contributed by atoms with Crippen molar-refractivity contribution in [1.29, 1.82) is 0 Å². The van der Waals surface area contributed by atoms with Gasteiger partial charge in [-0.3, -0.25) is 10.1 Å². The van der Waals surface area contributed by atoms with Crippen LogP contribution in [0, 0.1) is 6.92 Å². The number of hydrogen-bond acceptors (Lipinski definition) is 2. The van der Waals surface area contributed by atoms with E-state index in [0.29, 0.717) is 17.7 Å². The second-order valence-corrected chi connectivity index (χ2v) is 3.57. The van der Waals surface area contributed by atoms with E-state index in [9.17, 15) is 9.59 Å². The molecular weight excluding hydrogens is 206 g/mol. The van der Waals surface area contributed by atoms with E-state index in [1.807, 2.05) is 25.1 Å². The summed E-state index contributed by atoms with van der Waals surface area (Å²) in [5.74, 6) is 0.336. The van der Waals surface area contributed by atoms with Crippen LogP contribution >= 0.6 is 0 Å². The Morgan fingerprint density at radius 3 is 2.88 bits per heavy atom. The lowest BCUT2D eigenvalue weighted by atomic mass is 10.1. The monoisotopic (exact) mass is 217 g/mol. The van der Waals surface area contributed by atoms with Gasteiger partial charge in [-0.1, -0.05) is 11.6 Å². The van der Waals surface area contributed by atoms with Crippen LogP contribution in [0.15, 0.2) is 18.2 Å². The number of rotatable bonds is 2. The van der Waals surface area contributed by atoms with E-state index < -0.39 is 6.03 Å². The first-order valence-electron chi connectivity index (χ1n) is 4.76. The number of aromatic nitrogens is 1. The van der Waals surface area contributed by atoms with Crippen molar-refractivity contribution in [2.45, 2.75) is 6.92 Å². The maximum absolute atomic E-state index is 11.0. The molecule has 5 nitrogen and oxygen atoms in total. The molecule has 1 heterocycles. The number of hydrogen-bond donors (Lipinski definition) is 3. The summed E-state index contributed by atoms with van der Waals surface area (Å²) in [5.41, 5.74) is 7.26. The fourth-order valence-corrected chi connectivity index (χ4v) is 1.67. The number of aldehydes is 1. The molecule has 1 aromatic carbocycles. The first kappa shape index (κ1) is 10.2. The number of aryl methyl sites for hydroxylation is 1. The molecule has 4 N–H and O–H groups in total. The summed E-state index contributed by atoms with van der Waals surface area (Å²) in [4.78, 5) is 24.7. The highest BCUT2D eigenvalue weighted by molar-refractivity contribution is 6.06. The minimum Gasteiger partial charge on any atom is -0.351 e. The average Bonchev–Trinajstić information content (AvgIpc) is 2.53. The average molecular weight is 217 g/mol. The molecule has 0 atom stereocenters. The number of carbonyl (C=O) groups excluding carboxylic acids is 2. The van der Waals surface area contributed by atoms with Crippen molar-refractivity contribution in [3.05, 3.63) is 29.3 Å². The van der Waals surface area contributed by atoms with Crippen LogP contribution in [0.2, 0.25) is 0 Å². The molecule has 0 saturated heterocycles. The molecule has 0 bridgehead atoms. The van der Waals surface area contributed by atoms with Crippen molar-refractivity contribution >= 4 is 29.0 Å². The van der Waals surface area contributed by atoms with Crippen molar-refractivity contribution < 1.29 is 9.59 Å². The normalized spacial score (nSPS) is 10.3. The molecule has 1 aromatic heterocycles. The summed E-state index contributed by atoms with van der Waals surface area (Å²) in [6.07, 6.45) is 0.698. The minimum absolute atomic E-state index is 0.336. The highest BCUT2D eigenvalue weighted by Gasteiger charge is 2.11. The van der Waals surface area contributed by atoms with Gasteiger partial charge in [-0.05, 0) is 19.1 Å². The molecule has 0 spiro atoms. The molecule has 82 valence electrons. The number of aromatic amines is 1. The molecule has 2 amide bonds. The summed E-state index contributed by atoms with van der Waals surface area (Å²) >= 11 is 0. The third kappa shape index (κ3) is 1.63. The maximum Gasteiger partial charge on any atom is 0.317 e. The van der Waals surface area contributed by atoms with Crippen LogP contribution in [-0.2, 0) is 0 Å². The lowest BCUT2D eigenvalue weighted by molar-refractivity contribution is 0.112. The number of H-pyrrole nitrogens is 1. The summed E-state index contributed by atoms with van der Waals surface area (Å²) in [6.45, 7) is 1.93. The molecule has 0 aliphatic carbocycles. The van der Waals surface area contributed by atoms with Crippen LogP contribution in [0.5, 0.6) is 0 Å². The lowest BCUT2D eigenvalue weighted by Gasteiger charge is -1.97. The highest BCUT2D eigenvalue weighted by atomic mass is 16.2. The molecule has 2 rings (SSSR count). The van der Waals surface area contributed by atoms with Gasteiger partial charge in [-0.25, -0.2) is 4.79 Å². The molecule has 0 aliphatic rings. The summed E-state index contributed by atoms with van der Waals surface area (Å²) in [7, 11) is 0. The van der Waals surface area contributed by atoms with E-state index in [1.54, 1.807) is 0 Å². The van der Waals surface area contributed by atoms with Crippen LogP contribution in [0.4, 0.5) is 10.6 Å². The number of fused-ring (bicyclic) bond motifs is 1. The van der Waals surface area contributed by atoms with Gasteiger partial charge in [0.05, 0.1) is 5.56 Å². The zero-order chi connectivity index (χ0) is 11.7. The molecule has 16 heavy (non-hydrogen) atoms. The topological polar surface area (TPSA) is 88.0 Å². The predicted molar refractivity (Wildman–Crippen MR) is 61.6 cm³/mol. The van der Waals surface area contributed by atoms with Gasteiger partial charge in [0.1, 0.15) is 5.82 Å². The Morgan fingerprint density at radius 1 is 1.50 bits per heavy atom. The molecular formula is C11H11N3O2. The number of benzene rings is 1. The van der Waals surface area contributed by atoms with Crippen molar-refractivity contribution in [2.75, 3.05) is 5.32 Å². The van der Waals surface area contributed by atoms with Gasteiger partial charge in [-0.2, -0.15) is 0 Å². The van der Waals surface area contributed by atoms with Gasteiger partial charge in [0.25, 0.3) is 0 Å². The van der Waals surface area contributed by atoms with E-state index in [2.05, 4.69) is 10.3 Å². The molecule has 0 fully saturated rings. The predicted octanol–water partition coefficient (Wildman–Crippen LogP) is 1.78. The molecule has 0 radical (unpaired) electrons. The number of nitrogens with one attached hydrogen (secondary N) is 2. The van der Waals surface area contributed by atoms with E-state index >= 15 is 0 Å². The Bertz CT molecular complexity index is 572. The SMILES string of the molecule is Cc1ccc2[nH]c(NC(N)=O)c(C=O)c2c1. The quantitative estimate of drug-likeness (QED) is 0.669. The van der Waals surface area contributed by atoms with Gasteiger partial charge in [0, 0.05) is 10.9 Å². The lowest BCUT2D eigenvalue weighted by Crippen LogP contribution is -2.20. The first-order chi connectivity index (χ1) is 7.61. The number of carbonyl (C=O) groups is 2. The second-order valence-electron chi connectivity index (χ2n) is 3.57. The number of urea groups is 1. The Labute approximate surface area is 91.6 Å². The fraction of sp³-hybridized carbons (Fsp3) is 0.0909. The zero-order valence-electron chi connectivity index (χ0n) is 8.70. The third-order valence-corrected chi connectivity index (χ3v) is 2.36. The van der Waals surface area contributed by atoms with Crippen molar-refractivity contribution in [3.63, 3.8) is 0 Å². The molecule has 0 unspecified atom stereocenters. The fourth-order valence-electron chi connectivity index (χ4n) is 1.67. The van der Waals surface area contributed by atoms with E-state index in [0.717, 1.165) is 16.5 Å². The molecule has 2 aromatic rings. The van der Waals surface area contributed by atoms with Gasteiger partial charge in [0.2, 0.25) is 0 Å². The second kappa shape index (κ2) is 3.69. The highest BCUT2D eigenvalue weighted by Crippen LogP contribution is 2.25. The Balaban J connectivity index is 2.66. The number of anilines is 1. The Kier molecular flexibility index (Phi) is 2.36. The van der Waals surface area contributed by atoms with Crippen molar-refractivity contribution in [3.8, 4) is 0 Å². The largest absolute Gasteiger partial charge is 0.351 e. The van der Waals surface area contributed by atoms with Crippen LogP contribution in [0.1, 0.15) is 15.9 Å². The van der Waals surface area contributed by atoms with Gasteiger partial charge in [0.15, 0.2) is 6.29 Å². The minimum atomic E-state index is -0.702. The van der Waals surface area contributed by atoms with Crippen LogP contribution in [0.25, 0.3) is 10.9 Å². The van der Waals surface area contributed by atoms with Crippen molar-refractivity contribution in [1.82, 2.24) is 4.98 Å². The Morgan fingerprint density at radius 2 is 2.25 bits per heavy atom. The number of nitrogens with two attached hydrogens (primary N) is 1. The zero-order valence-corrected chi connectivity index (χ0v) is 8.70. The third-order valence-electron chi connectivity index (χ3n) is 2.36. The standard InChI is InChI=1S/C11H11N3O2/c1-6-2-3-9-7(4-6)8(5-15)10(13-9)14-11(12)16/h2-5,13H,1H3,(H3,12,14,16). The van der Waals surface area contributed by atoms with Crippen LogP contribution in [0.3, 0.4) is 0 Å². The summed E-state index contributed by atoms with van der Waals surface area (Å²) in [6, 6.07) is 4.94. The Hall–Kier alpha value is -2.30. The molecule has 5 heteroatoms. The van der Waals surface area contributed by atoms with Gasteiger partial charge >= 0.3 is 6.03 Å². The number of primary amides is 1. The maximum atomic E-state index is 11.0. The van der Waals surface area contributed by atoms with Gasteiger partial charge < -0.3 is 10.7 Å². The van der Waals surface area contributed by atoms with E-state index in [-0.39, 0.29) is 0 Å². The summed E-state index contributed by atoms with van der Waals surface area (Å²) in [5, 5.41) is 3.16. The van der Waals surface area contributed by atoms with Gasteiger partial charge in [-0.15, -0.1) is 0 Å². The van der Waals surface area contributed by atoms with E-state index in [1.165, 1.54) is 0 Å². The van der Waals surface area contributed by atoms with E-state index in [4.69, 9.17) is 5.73 Å². The van der Waals surface area contributed by atoms with Crippen LogP contribution in [-0.4, -0.2) is 17.3 Å². The smallest absolute Gasteiger partial charge is 0.317 e. The molecule has 0 aliphatic heterocycles. The summed E-state index contributed by atoms with van der Waals surface area (Å²) < 4.78 is 0. The first-order valence-corrected chi connectivity index (χ1v) is 4.76.